The van der Waals surface area contributed by atoms with Gasteiger partial charge in [-0.2, -0.15) is 13.2 Å². The van der Waals surface area contributed by atoms with Crippen molar-refractivity contribution in [1.29, 1.82) is 0 Å². The van der Waals surface area contributed by atoms with E-state index >= 15 is 0 Å². The normalized spacial score (nSPS) is 12.2. The fourth-order valence-electron chi connectivity index (χ4n) is 2.02. The highest BCUT2D eigenvalue weighted by molar-refractivity contribution is 5.59. The molecule has 0 saturated carbocycles. The molecule has 2 nitrogen and oxygen atoms in total. The highest BCUT2D eigenvalue weighted by Gasteiger charge is 2.30. The molecular weight excluding hydrogens is 269 g/mol. The second-order valence-corrected chi connectivity index (χ2v) is 4.89. The van der Waals surface area contributed by atoms with Crippen LogP contribution in [0.4, 0.5) is 13.2 Å². The predicted octanol–water partition coefficient (Wildman–Crippen LogP) is 4.58. The first-order valence-electron chi connectivity index (χ1n) is 6.24. The van der Waals surface area contributed by atoms with Gasteiger partial charge in [0.2, 0.25) is 0 Å². The van der Waals surface area contributed by atoms with Crippen molar-refractivity contribution in [2.45, 2.75) is 32.5 Å². The van der Waals surface area contributed by atoms with Gasteiger partial charge >= 0.3 is 6.18 Å². The van der Waals surface area contributed by atoms with Crippen LogP contribution in [0, 0.1) is 0 Å². The van der Waals surface area contributed by atoms with Crippen LogP contribution >= 0.6 is 0 Å². The van der Waals surface area contributed by atoms with Gasteiger partial charge in [-0.15, -0.1) is 0 Å². The standard InChI is InChI=1S/C15H15F3O2/c1-9(2)14-11(8-19)7-13(20-14)10-3-5-12(6-4-10)15(16,17)18/h3-7,9,19H,8H2,1-2H3. The Kier molecular flexibility index (Phi) is 3.90. The molecule has 0 aliphatic rings. The van der Waals surface area contributed by atoms with Crippen molar-refractivity contribution in [2.75, 3.05) is 0 Å². The maximum atomic E-state index is 12.5. The number of hydrogen-bond acceptors (Lipinski definition) is 2. The lowest BCUT2D eigenvalue weighted by atomic mass is 10.1. The van der Waals surface area contributed by atoms with Crippen LogP contribution in [0.5, 0.6) is 0 Å². The number of rotatable bonds is 3. The highest BCUT2D eigenvalue weighted by Crippen LogP contribution is 2.33. The van der Waals surface area contributed by atoms with Crippen LogP contribution in [0.1, 0.15) is 36.7 Å². The fraction of sp³-hybridized carbons (Fsp3) is 0.333. The average molecular weight is 284 g/mol. The summed E-state index contributed by atoms with van der Waals surface area (Å²) in [5, 5.41) is 9.27. The third-order valence-corrected chi connectivity index (χ3v) is 3.03. The number of alkyl halides is 3. The maximum Gasteiger partial charge on any atom is 0.416 e. The molecule has 0 radical (unpaired) electrons. The molecule has 0 fully saturated rings. The van der Waals surface area contributed by atoms with Crippen molar-refractivity contribution in [3.8, 4) is 11.3 Å². The Bertz CT molecular complexity index is 580. The van der Waals surface area contributed by atoms with Gasteiger partial charge in [-0.1, -0.05) is 26.0 Å². The van der Waals surface area contributed by atoms with E-state index < -0.39 is 11.7 Å². The van der Waals surface area contributed by atoms with E-state index in [0.717, 1.165) is 12.1 Å². The van der Waals surface area contributed by atoms with E-state index in [1.54, 1.807) is 6.07 Å². The van der Waals surface area contributed by atoms with Gasteiger partial charge in [-0.25, -0.2) is 0 Å². The molecule has 5 heteroatoms. The van der Waals surface area contributed by atoms with Crippen LogP contribution < -0.4 is 0 Å². The molecule has 0 atom stereocenters. The van der Waals surface area contributed by atoms with Gasteiger partial charge in [0, 0.05) is 17.0 Å². The van der Waals surface area contributed by atoms with Gasteiger partial charge in [0.1, 0.15) is 11.5 Å². The SMILES string of the molecule is CC(C)c1oc(-c2ccc(C(F)(F)F)cc2)cc1CO. The minimum absolute atomic E-state index is 0.0975. The quantitative estimate of drug-likeness (QED) is 0.894. The Balaban J connectivity index is 2.37. The summed E-state index contributed by atoms with van der Waals surface area (Å²) < 4.78 is 43.1. The van der Waals surface area contributed by atoms with Gasteiger partial charge in [0.25, 0.3) is 0 Å². The van der Waals surface area contributed by atoms with Crippen LogP contribution in [0.3, 0.4) is 0 Å². The highest BCUT2D eigenvalue weighted by atomic mass is 19.4. The van der Waals surface area contributed by atoms with Crippen molar-refractivity contribution in [2.24, 2.45) is 0 Å². The van der Waals surface area contributed by atoms with E-state index in [2.05, 4.69) is 0 Å². The lowest BCUT2D eigenvalue weighted by molar-refractivity contribution is -0.137. The van der Waals surface area contributed by atoms with Crippen molar-refractivity contribution < 1.29 is 22.7 Å². The molecule has 108 valence electrons. The number of aliphatic hydroxyl groups is 1. The fourth-order valence-corrected chi connectivity index (χ4v) is 2.02. The van der Waals surface area contributed by atoms with Gasteiger partial charge < -0.3 is 9.52 Å². The van der Waals surface area contributed by atoms with Gasteiger partial charge in [0.15, 0.2) is 0 Å². The van der Waals surface area contributed by atoms with Gasteiger partial charge in [0.05, 0.1) is 12.2 Å². The summed E-state index contributed by atoms with van der Waals surface area (Å²) in [5.74, 6) is 1.22. The molecule has 1 aromatic carbocycles. The summed E-state index contributed by atoms with van der Waals surface area (Å²) in [6, 6.07) is 6.44. The zero-order valence-electron chi connectivity index (χ0n) is 11.2. The third-order valence-electron chi connectivity index (χ3n) is 3.03. The molecule has 0 bridgehead atoms. The van der Waals surface area contributed by atoms with E-state index in [-0.39, 0.29) is 12.5 Å². The topological polar surface area (TPSA) is 33.4 Å². The summed E-state index contributed by atoms with van der Waals surface area (Å²) >= 11 is 0. The maximum absolute atomic E-state index is 12.5. The first kappa shape index (κ1) is 14.7. The third kappa shape index (κ3) is 2.88. The van der Waals surface area contributed by atoms with Crippen molar-refractivity contribution >= 4 is 0 Å². The molecule has 0 spiro atoms. The molecule has 2 rings (SSSR count). The molecule has 1 heterocycles. The molecule has 1 aromatic heterocycles. The number of hydrogen-bond donors (Lipinski definition) is 1. The lowest BCUT2D eigenvalue weighted by Crippen LogP contribution is -2.03. The zero-order valence-corrected chi connectivity index (χ0v) is 11.2. The Morgan fingerprint density at radius 1 is 1.15 bits per heavy atom. The molecule has 0 amide bonds. The van der Waals surface area contributed by atoms with E-state index in [4.69, 9.17) is 4.42 Å². The summed E-state index contributed by atoms with van der Waals surface area (Å²) in [4.78, 5) is 0. The predicted molar refractivity (Wildman–Crippen MR) is 69.2 cm³/mol. The van der Waals surface area contributed by atoms with Crippen LogP contribution in [0.25, 0.3) is 11.3 Å². The van der Waals surface area contributed by atoms with Gasteiger partial charge in [-0.3, -0.25) is 0 Å². The Labute approximate surface area is 114 Å². The molecule has 2 aromatic rings. The first-order valence-corrected chi connectivity index (χ1v) is 6.24. The van der Waals surface area contributed by atoms with Crippen molar-refractivity contribution in [3.05, 3.63) is 47.2 Å². The Hall–Kier alpha value is -1.75. The van der Waals surface area contributed by atoms with Crippen LogP contribution in [-0.2, 0) is 12.8 Å². The summed E-state index contributed by atoms with van der Waals surface area (Å²) in [6.07, 6.45) is -4.35. The minimum Gasteiger partial charge on any atom is -0.460 e. The monoisotopic (exact) mass is 284 g/mol. The molecule has 20 heavy (non-hydrogen) atoms. The van der Waals surface area contributed by atoms with E-state index in [1.165, 1.54) is 12.1 Å². The largest absolute Gasteiger partial charge is 0.460 e. The number of halogens is 3. The van der Waals surface area contributed by atoms with Gasteiger partial charge in [-0.05, 0) is 18.2 Å². The molecule has 0 saturated heterocycles. The second kappa shape index (κ2) is 5.32. The van der Waals surface area contributed by atoms with E-state index in [0.29, 0.717) is 22.6 Å². The Morgan fingerprint density at radius 2 is 1.75 bits per heavy atom. The number of furan rings is 1. The van der Waals surface area contributed by atoms with Crippen LogP contribution in [0.2, 0.25) is 0 Å². The molecular formula is C15H15F3O2. The van der Waals surface area contributed by atoms with Crippen LogP contribution in [0.15, 0.2) is 34.7 Å². The van der Waals surface area contributed by atoms with E-state index in [1.807, 2.05) is 13.8 Å². The number of aliphatic hydroxyl groups excluding tert-OH is 1. The summed E-state index contributed by atoms with van der Waals surface area (Å²) in [7, 11) is 0. The molecule has 1 N–H and O–H groups in total. The van der Waals surface area contributed by atoms with Crippen LogP contribution in [-0.4, -0.2) is 5.11 Å². The molecule has 0 aliphatic carbocycles. The zero-order chi connectivity index (χ0) is 14.9. The summed E-state index contributed by atoms with van der Waals surface area (Å²) in [6.45, 7) is 3.70. The number of benzene rings is 1. The molecule has 0 unspecified atom stereocenters. The van der Waals surface area contributed by atoms with Crippen molar-refractivity contribution in [3.63, 3.8) is 0 Å². The summed E-state index contributed by atoms with van der Waals surface area (Å²) in [5.41, 5.74) is 0.522. The molecule has 0 aliphatic heterocycles. The first-order chi connectivity index (χ1) is 9.32. The Morgan fingerprint density at radius 3 is 2.15 bits per heavy atom. The van der Waals surface area contributed by atoms with E-state index in [9.17, 15) is 18.3 Å². The van der Waals surface area contributed by atoms with Crippen molar-refractivity contribution in [1.82, 2.24) is 0 Å². The smallest absolute Gasteiger partial charge is 0.416 e. The average Bonchev–Trinajstić information content (AvgIpc) is 2.82. The minimum atomic E-state index is -4.35. The lowest BCUT2D eigenvalue weighted by Gasteiger charge is -2.06. The second-order valence-electron chi connectivity index (χ2n) is 4.89.